The van der Waals surface area contributed by atoms with Gasteiger partial charge in [-0.2, -0.15) is 0 Å². The van der Waals surface area contributed by atoms with Gasteiger partial charge in [0.25, 0.3) is 0 Å². The number of hydrogen-bond donors (Lipinski definition) is 2. The van der Waals surface area contributed by atoms with Crippen LogP contribution in [0.2, 0.25) is 4.34 Å². The first-order chi connectivity index (χ1) is 10.5. The molecule has 0 unspecified atom stereocenters. The Balaban J connectivity index is 1.74. The summed E-state index contributed by atoms with van der Waals surface area (Å²) in [4.78, 5) is 3.32. The summed E-state index contributed by atoms with van der Waals surface area (Å²) >= 11 is 6.85. The van der Waals surface area contributed by atoms with Crippen LogP contribution in [0.25, 0.3) is 10.9 Å². The van der Waals surface area contributed by atoms with Gasteiger partial charge >= 0.3 is 0 Å². The van der Waals surface area contributed by atoms with E-state index in [-0.39, 0.29) is 4.21 Å². The molecule has 0 bridgehead atoms. The lowest BCUT2D eigenvalue weighted by Gasteiger charge is -2.05. The molecule has 4 nitrogen and oxygen atoms in total. The number of nitrogens with one attached hydrogen (secondary N) is 2. The van der Waals surface area contributed by atoms with Gasteiger partial charge in [-0.05, 0) is 37.1 Å². The second-order valence-corrected chi connectivity index (χ2v) is 8.69. The molecule has 0 atom stereocenters. The van der Waals surface area contributed by atoms with Crippen molar-refractivity contribution in [1.82, 2.24) is 9.71 Å². The molecule has 0 amide bonds. The molecule has 116 valence electrons. The van der Waals surface area contributed by atoms with E-state index >= 15 is 0 Å². The summed E-state index contributed by atoms with van der Waals surface area (Å²) in [6, 6.07) is 11.1. The van der Waals surface area contributed by atoms with Crippen molar-refractivity contribution in [3.63, 3.8) is 0 Å². The summed E-state index contributed by atoms with van der Waals surface area (Å²) in [7, 11) is -3.48. The molecule has 2 aromatic heterocycles. The van der Waals surface area contributed by atoms with Crippen molar-refractivity contribution in [2.24, 2.45) is 0 Å². The highest BCUT2D eigenvalue weighted by molar-refractivity contribution is 7.91. The van der Waals surface area contributed by atoms with E-state index in [1.165, 1.54) is 6.07 Å². The SMILES string of the molecule is Cc1[nH]c2ccccc2c1CCNS(=O)(=O)c1ccc(Cl)s1. The van der Waals surface area contributed by atoms with Crippen LogP contribution in [0.3, 0.4) is 0 Å². The number of para-hydroxylation sites is 1. The van der Waals surface area contributed by atoms with E-state index < -0.39 is 10.0 Å². The molecule has 7 heteroatoms. The molecule has 0 aliphatic carbocycles. The third kappa shape index (κ3) is 3.05. The number of aryl methyl sites for hydroxylation is 1. The van der Waals surface area contributed by atoms with Gasteiger partial charge in [0.05, 0.1) is 4.34 Å². The van der Waals surface area contributed by atoms with E-state index in [2.05, 4.69) is 9.71 Å². The van der Waals surface area contributed by atoms with E-state index in [4.69, 9.17) is 11.6 Å². The van der Waals surface area contributed by atoms with Crippen LogP contribution < -0.4 is 4.72 Å². The van der Waals surface area contributed by atoms with Crippen molar-refractivity contribution in [1.29, 1.82) is 0 Å². The minimum absolute atomic E-state index is 0.244. The minimum atomic E-state index is -3.48. The Morgan fingerprint density at radius 1 is 1.23 bits per heavy atom. The molecule has 2 heterocycles. The van der Waals surface area contributed by atoms with Crippen molar-refractivity contribution in [2.75, 3.05) is 6.54 Å². The number of halogens is 1. The standard InChI is InChI=1S/C15H15ClN2O2S2/c1-10-11(12-4-2-3-5-13(12)18-10)8-9-17-22(19,20)15-7-6-14(16)21-15/h2-7,17-18H,8-9H2,1H3. The summed E-state index contributed by atoms with van der Waals surface area (Å²) in [6.45, 7) is 2.35. The minimum Gasteiger partial charge on any atom is -0.358 e. The number of hydrogen-bond acceptors (Lipinski definition) is 3. The van der Waals surface area contributed by atoms with Gasteiger partial charge < -0.3 is 4.98 Å². The Morgan fingerprint density at radius 2 is 2.00 bits per heavy atom. The maximum Gasteiger partial charge on any atom is 0.250 e. The average Bonchev–Trinajstić information content (AvgIpc) is 3.04. The van der Waals surface area contributed by atoms with Crippen molar-refractivity contribution >= 4 is 43.9 Å². The highest BCUT2D eigenvalue weighted by Crippen LogP contribution is 2.26. The molecule has 3 aromatic rings. The van der Waals surface area contributed by atoms with Crippen LogP contribution in [-0.2, 0) is 16.4 Å². The molecule has 1 aromatic carbocycles. The molecule has 0 saturated carbocycles. The zero-order valence-corrected chi connectivity index (χ0v) is 14.3. The third-order valence-corrected chi connectivity index (χ3v) is 6.69. The van der Waals surface area contributed by atoms with Crippen LogP contribution in [0.4, 0.5) is 0 Å². The summed E-state index contributed by atoms with van der Waals surface area (Å²) in [5, 5.41) is 1.14. The van der Waals surface area contributed by atoms with Crippen LogP contribution >= 0.6 is 22.9 Å². The highest BCUT2D eigenvalue weighted by atomic mass is 35.5. The monoisotopic (exact) mass is 354 g/mol. The zero-order chi connectivity index (χ0) is 15.7. The number of benzene rings is 1. The van der Waals surface area contributed by atoms with Gasteiger partial charge in [0, 0.05) is 23.1 Å². The Bertz CT molecular complexity index is 913. The Hall–Kier alpha value is -1.34. The molecule has 0 aliphatic heterocycles. The largest absolute Gasteiger partial charge is 0.358 e. The Kier molecular flexibility index (Phi) is 4.27. The van der Waals surface area contributed by atoms with E-state index in [0.29, 0.717) is 17.3 Å². The molecule has 0 fully saturated rings. The quantitative estimate of drug-likeness (QED) is 0.733. The van der Waals surface area contributed by atoms with Crippen molar-refractivity contribution in [2.45, 2.75) is 17.6 Å². The van der Waals surface area contributed by atoms with E-state index in [0.717, 1.165) is 33.5 Å². The van der Waals surface area contributed by atoms with Gasteiger partial charge in [-0.3, -0.25) is 0 Å². The maximum atomic E-state index is 12.2. The van der Waals surface area contributed by atoms with Gasteiger partial charge in [0.1, 0.15) is 4.21 Å². The first-order valence-corrected chi connectivity index (χ1v) is 9.46. The van der Waals surface area contributed by atoms with Gasteiger partial charge in [0.2, 0.25) is 10.0 Å². The fourth-order valence-corrected chi connectivity index (χ4v) is 5.04. The van der Waals surface area contributed by atoms with Crippen LogP contribution in [0.5, 0.6) is 0 Å². The topological polar surface area (TPSA) is 62.0 Å². The van der Waals surface area contributed by atoms with Crippen molar-refractivity contribution in [3.8, 4) is 0 Å². The first-order valence-electron chi connectivity index (χ1n) is 6.78. The zero-order valence-electron chi connectivity index (χ0n) is 11.9. The second-order valence-electron chi connectivity index (χ2n) is 4.98. The van der Waals surface area contributed by atoms with Crippen LogP contribution in [-0.4, -0.2) is 19.9 Å². The summed E-state index contributed by atoms with van der Waals surface area (Å²) < 4.78 is 27.6. The number of aromatic nitrogens is 1. The average molecular weight is 355 g/mol. The predicted octanol–water partition coefficient (Wildman–Crippen LogP) is 3.71. The Morgan fingerprint density at radius 3 is 2.73 bits per heavy atom. The highest BCUT2D eigenvalue weighted by Gasteiger charge is 2.16. The molecular weight excluding hydrogens is 340 g/mol. The molecule has 0 radical (unpaired) electrons. The number of sulfonamides is 1. The van der Waals surface area contributed by atoms with Gasteiger partial charge in [-0.15, -0.1) is 11.3 Å². The fraction of sp³-hybridized carbons (Fsp3) is 0.200. The smallest absolute Gasteiger partial charge is 0.250 e. The maximum absolute atomic E-state index is 12.2. The molecule has 0 saturated heterocycles. The number of fused-ring (bicyclic) bond motifs is 1. The van der Waals surface area contributed by atoms with Gasteiger partial charge in [-0.1, -0.05) is 29.8 Å². The van der Waals surface area contributed by atoms with Crippen LogP contribution in [0, 0.1) is 6.92 Å². The number of thiophene rings is 1. The van der Waals surface area contributed by atoms with E-state index in [1.807, 2.05) is 31.2 Å². The summed E-state index contributed by atoms with van der Waals surface area (Å²) in [5.74, 6) is 0. The van der Waals surface area contributed by atoms with E-state index in [1.54, 1.807) is 6.07 Å². The predicted molar refractivity (Wildman–Crippen MR) is 91.3 cm³/mol. The second kappa shape index (κ2) is 6.04. The fourth-order valence-electron chi connectivity index (χ4n) is 2.48. The number of rotatable bonds is 5. The molecule has 2 N–H and O–H groups in total. The summed E-state index contributed by atoms with van der Waals surface area (Å²) in [6.07, 6.45) is 0.633. The first kappa shape index (κ1) is 15.6. The van der Waals surface area contributed by atoms with Crippen LogP contribution in [0.1, 0.15) is 11.3 Å². The molecule has 0 aliphatic rings. The van der Waals surface area contributed by atoms with Crippen molar-refractivity contribution < 1.29 is 8.42 Å². The molecule has 3 rings (SSSR count). The van der Waals surface area contributed by atoms with Gasteiger partial charge in [-0.25, -0.2) is 13.1 Å². The molecule has 0 spiro atoms. The van der Waals surface area contributed by atoms with E-state index in [9.17, 15) is 8.42 Å². The van der Waals surface area contributed by atoms with Crippen molar-refractivity contribution in [3.05, 3.63) is 52.0 Å². The molecular formula is C15H15ClN2O2S2. The molecule has 22 heavy (non-hydrogen) atoms. The normalized spacial score (nSPS) is 12.1. The lowest BCUT2D eigenvalue weighted by molar-refractivity contribution is 0.584. The number of H-pyrrole nitrogens is 1. The summed E-state index contributed by atoms with van der Waals surface area (Å²) in [5.41, 5.74) is 3.28. The lowest BCUT2D eigenvalue weighted by atomic mass is 10.1. The lowest BCUT2D eigenvalue weighted by Crippen LogP contribution is -2.25. The van der Waals surface area contributed by atoms with Crippen LogP contribution in [0.15, 0.2) is 40.6 Å². The third-order valence-electron chi connectivity index (χ3n) is 3.51. The Labute approximate surface area is 138 Å². The van der Waals surface area contributed by atoms with Gasteiger partial charge in [0.15, 0.2) is 0 Å². The number of aromatic amines is 1.